The highest BCUT2D eigenvalue weighted by molar-refractivity contribution is 5.89. The van der Waals surface area contributed by atoms with Crippen molar-refractivity contribution in [1.29, 1.82) is 0 Å². The standard InChI is InChI=1S/C17H26N4O3/c1-21-11-12(8-19-21)13-9-18-10-14(13)15(22)20-17(16(23)24-2)6-4-3-5-7-17/h8,11,13-14,18H,3-7,9-10H2,1-2H3,(H,20,22)/t13-,14+/m1/s1. The van der Waals surface area contributed by atoms with Crippen LogP contribution in [0.25, 0.3) is 0 Å². The highest BCUT2D eigenvalue weighted by Crippen LogP contribution is 2.32. The van der Waals surface area contributed by atoms with Crippen molar-refractivity contribution in [3.8, 4) is 0 Å². The zero-order valence-electron chi connectivity index (χ0n) is 14.4. The van der Waals surface area contributed by atoms with Crippen molar-refractivity contribution in [2.24, 2.45) is 13.0 Å². The summed E-state index contributed by atoms with van der Waals surface area (Å²) in [6.45, 7) is 1.36. The van der Waals surface area contributed by atoms with Crippen LogP contribution in [-0.2, 0) is 21.4 Å². The molecule has 0 radical (unpaired) electrons. The Morgan fingerprint density at radius 3 is 2.71 bits per heavy atom. The highest BCUT2D eigenvalue weighted by atomic mass is 16.5. The number of esters is 1. The maximum atomic E-state index is 12.9. The first-order chi connectivity index (χ1) is 11.6. The number of aromatic nitrogens is 2. The lowest BCUT2D eigenvalue weighted by Gasteiger charge is -2.36. The molecule has 132 valence electrons. The average Bonchev–Trinajstić information content (AvgIpc) is 3.23. The molecule has 2 fully saturated rings. The summed E-state index contributed by atoms with van der Waals surface area (Å²) < 4.78 is 6.74. The summed E-state index contributed by atoms with van der Waals surface area (Å²) in [4.78, 5) is 25.3. The predicted molar refractivity (Wildman–Crippen MR) is 88.3 cm³/mol. The van der Waals surface area contributed by atoms with Crippen LogP contribution in [0, 0.1) is 5.92 Å². The second-order valence-electron chi connectivity index (χ2n) is 6.94. The topological polar surface area (TPSA) is 85.2 Å². The lowest BCUT2D eigenvalue weighted by atomic mass is 9.80. The van der Waals surface area contributed by atoms with Gasteiger partial charge in [-0.3, -0.25) is 9.48 Å². The first-order valence-corrected chi connectivity index (χ1v) is 8.65. The summed E-state index contributed by atoms with van der Waals surface area (Å²) in [6.07, 6.45) is 8.04. The van der Waals surface area contributed by atoms with Crippen LogP contribution in [0.3, 0.4) is 0 Å². The van der Waals surface area contributed by atoms with Gasteiger partial charge in [0.15, 0.2) is 0 Å². The summed E-state index contributed by atoms with van der Waals surface area (Å²) in [7, 11) is 3.26. The van der Waals surface area contributed by atoms with Crippen molar-refractivity contribution >= 4 is 11.9 Å². The molecule has 1 aliphatic carbocycles. The Morgan fingerprint density at radius 1 is 1.33 bits per heavy atom. The van der Waals surface area contributed by atoms with Gasteiger partial charge in [0, 0.05) is 32.3 Å². The minimum Gasteiger partial charge on any atom is -0.467 e. The summed E-state index contributed by atoms with van der Waals surface area (Å²) in [6, 6.07) is 0. The van der Waals surface area contributed by atoms with E-state index < -0.39 is 5.54 Å². The van der Waals surface area contributed by atoms with Gasteiger partial charge in [0.25, 0.3) is 0 Å². The zero-order valence-corrected chi connectivity index (χ0v) is 14.4. The average molecular weight is 334 g/mol. The first kappa shape index (κ1) is 17.0. The smallest absolute Gasteiger partial charge is 0.331 e. The molecule has 1 aliphatic heterocycles. The third-order valence-electron chi connectivity index (χ3n) is 5.35. The van der Waals surface area contributed by atoms with Crippen LogP contribution in [0.4, 0.5) is 0 Å². The number of carbonyl (C=O) groups excluding carboxylic acids is 2. The normalized spacial score (nSPS) is 26.1. The van der Waals surface area contributed by atoms with Gasteiger partial charge in [0.1, 0.15) is 5.54 Å². The highest BCUT2D eigenvalue weighted by Gasteiger charge is 2.45. The van der Waals surface area contributed by atoms with Gasteiger partial charge < -0.3 is 15.4 Å². The number of carbonyl (C=O) groups is 2. The van der Waals surface area contributed by atoms with Gasteiger partial charge in [-0.2, -0.15) is 5.10 Å². The number of rotatable bonds is 4. The molecule has 0 unspecified atom stereocenters. The van der Waals surface area contributed by atoms with Gasteiger partial charge >= 0.3 is 5.97 Å². The minimum atomic E-state index is -0.855. The van der Waals surface area contributed by atoms with Gasteiger partial charge in [-0.25, -0.2) is 4.79 Å². The molecule has 1 saturated heterocycles. The van der Waals surface area contributed by atoms with Gasteiger partial charge in [0.2, 0.25) is 5.91 Å². The summed E-state index contributed by atoms with van der Waals surface area (Å²) >= 11 is 0. The zero-order chi connectivity index (χ0) is 17.2. The van der Waals surface area contributed by atoms with Gasteiger partial charge in [0.05, 0.1) is 19.2 Å². The Kier molecular flexibility index (Phi) is 4.89. The van der Waals surface area contributed by atoms with Crippen LogP contribution < -0.4 is 10.6 Å². The number of amides is 1. The number of nitrogens with zero attached hydrogens (tertiary/aromatic N) is 2. The number of hydrogen-bond donors (Lipinski definition) is 2. The second kappa shape index (κ2) is 6.93. The predicted octanol–water partition coefficient (Wildman–Crippen LogP) is 0.715. The fourth-order valence-corrected chi connectivity index (χ4v) is 4.00. The molecule has 1 amide bonds. The van der Waals surface area contributed by atoms with Crippen molar-refractivity contribution in [1.82, 2.24) is 20.4 Å². The molecule has 0 bridgehead atoms. The molecule has 2 atom stereocenters. The van der Waals surface area contributed by atoms with E-state index in [-0.39, 0.29) is 23.7 Å². The van der Waals surface area contributed by atoms with Crippen LogP contribution in [0.15, 0.2) is 12.4 Å². The Bertz CT molecular complexity index is 607. The van der Waals surface area contributed by atoms with Crippen molar-refractivity contribution < 1.29 is 14.3 Å². The lowest BCUT2D eigenvalue weighted by molar-refractivity contribution is -0.153. The van der Waals surface area contributed by atoms with Crippen LogP contribution in [0.1, 0.15) is 43.6 Å². The molecular formula is C17H26N4O3. The third kappa shape index (κ3) is 3.17. The van der Waals surface area contributed by atoms with E-state index in [2.05, 4.69) is 15.7 Å². The van der Waals surface area contributed by atoms with Gasteiger partial charge in [-0.05, 0) is 18.4 Å². The van der Waals surface area contributed by atoms with E-state index >= 15 is 0 Å². The number of hydrogen-bond acceptors (Lipinski definition) is 5. The Labute approximate surface area is 142 Å². The van der Waals surface area contributed by atoms with E-state index in [0.29, 0.717) is 19.4 Å². The quantitative estimate of drug-likeness (QED) is 0.793. The molecule has 1 aromatic rings. The molecule has 7 heteroatoms. The summed E-state index contributed by atoms with van der Waals surface area (Å²) in [5, 5.41) is 10.5. The van der Waals surface area contributed by atoms with E-state index in [9.17, 15) is 9.59 Å². The van der Waals surface area contributed by atoms with Crippen LogP contribution in [-0.4, -0.2) is 47.4 Å². The van der Waals surface area contributed by atoms with E-state index in [4.69, 9.17) is 4.74 Å². The van der Waals surface area contributed by atoms with E-state index in [0.717, 1.165) is 31.4 Å². The van der Waals surface area contributed by atoms with Crippen molar-refractivity contribution in [3.63, 3.8) is 0 Å². The number of nitrogens with one attached hydrogen (secondary N) is 2. The van der Waals surface area contributed by atoms with Crippen LogP contribution in [0.5, 0.6) is 0 Å². The van der Waals surface area contributed by atoms with Gasteiger partial charge in [-0.15, -0.1) is 0 Å². The number of ether oxygens (including phenoxy) is 1. The molecule has 1 saturated carbocycles. The molecule has 1 aromatic heterocycles. The number of aryl methyl sites for hydroxylation is 1. The first-order valence-electron chi connectivity index (χ1n) is 8.65. The minimum absolute atomic E-state index is 0.0684. The van der Waals surface area contributed by atoms with E-state index in [1.54, 1.807) is 4.68 Å². The molecule has 0 aromatic carbocycles. The number of methoxy groups -OCH3 is 1. The molecular weight excluding hydrogens is 308 g/mol. The van der Waals surface area contributed by atoms with Crippen molar-refractivity contribution in [2.45, 2.75) is 43.6 Å². The maximum Gasteiger partial charge on any atom is 0.331 e. The van der Waals surface area contributed by atoms with Gasteiger partial charge in [-0.1, -0.05) is 19.3 Å². The summed E-state index contributed by atoms with van der Waals surface area (Å²) in [5.41, 5.74) is 0.199. The van der Waals surface area contributed by atoms with Crippen LogP contribution >= 0.6 is 0 Å². The molecule has 3 rings (SSSR count). The van der Waals surface area contributed by atoms with Crippen molar-refractivity contribution in [2.75, 3.05) is 20.2 Å². The van der Waals surface area contributed by atoms with E-state index in [1.807, 2.05) is 19.4 Å². The molecule has 24 heavy (non-hydrogen) atoms. The molecule has 2 N–H and O–H groups in total. The molecule has 2 aliphatic rings. The Hall–Kier alpha value is -1.89. The lowest BCUT2D eigenvalue weighted by Crippen LogP contribution is -2.57. The third-order valence-corrected chi connectivity index (χ3v) is 5.35. The molecule has 2 heterocycles. The maximum absolute atomic E-state index is 12.9. The monoisotopic (exact) mass is 334 g/mol. The van der Waals surface area contributed by atoms with Crippen LogP contribution in [0.2, 0.25) is 0 Å². The molecule has 7 nitrogen and oxygen atoms in total. The fraction of sp³-hybridized carbons (Fsp3) is 0.706. The molecule has 0 spiro atoms. The SMILES string of the molecule is COC(=O)C1(NC(=O)[C@H]2CNC[C@@H]2c2cnn(C)c2)CCCCC1. The Morgan fingerprint density at radius 2 is 2.08 bits per heavy atom. The van der Waals surface area contributed by atoms with E-state index in [1.165, 1.54) is 7.11 Å². The second-order valence-corrected chi connectivity index (χ2v) is 6.94. The fourth-order valence-electron chi connectivity index (χ4n) is 4.00. The Balaban J connectivity index is 1.75. The summed E-state index contributed by atoms with van der Waals surface area (Å²) in [5.74, 6) is -0.504. The van der Waals surface area contributed by atoms with Crippen molar-refractivity contribution in [3.05, 3.63) is 18.0 Å². The largest absolute Gasteiger partial charge is 0.467 e.